The molecule has 118 valence electrons. The summed E-state index contributed by atoms with van der Waals surface area (Å²) in [6, 6.07) is 5.72. The van der Waals surface area contributed by atoms with Crippen molar-refractivity contribution in [1.82, 2.24) is 9.97 Å². The molecule has 0 radical (unpaired) electrons. The number of nitrogens with zero attached hydrogens (tertiary/aromatic N) is 2. The zero-order valence-corrected chi connectivity index (χ0v) is 13.9. The highest BCUT2D eigenvalue weighted by atomic mass is 31.0. The van der Waals surface area contributed by atoms with Gasteiger partial charge >= 0.3 is 0 Å². The molecular formula is C16H18N5OP. The van der Waals surface area contributed by atoms with E-state index in [9.17, 15) is 4.79 Å². The van der Waals surface area contributed by atoms with E-state index in [0.717, 1.165) is 33.6 Å². The van der Waals surface area contributed by atoms with Crippen LogP contribution in [0.3, 0.4) is 0 Å². The predicted octanol–water partition coefficient (Wildman–Crippen LogP) is 1.15. The molecule has 6 nitrogen and oxygen atoms in total. The van der Waals surface area contributed by atoms with Crippen molar-refractivity contribution in [2.24, 2.45) is 10.7 Å². The van der Waals surface area contributed by atoms with Gasteiger partial charge in [0.15, 0.2) is 0 Å². The van der Waals surface area contributed by atoms with Crippen molar-refractivity contribution in [3.63, 3.8) is 0 Å². The number of H-pyrrole nitrogens is 1. The van der Waals surface area contributed by atoms with Crippen molar-refractivity contribution >= 4 is 37.4 Å². The number of aliphatic imine (C=N–C) groups is 1. The minimum atomic E-state index is -0.228. The number of amides is 1. The van der Waals surface area contributed by atoms with Crippen molar-refractivity contribution in [2.45, 2.75) is 13.5 Å². The Hall–Kier alpha value is -2.30. The van der Waals surface area contributed by atoms with E-state index < -0.39 is 0 Å². The Morgan fingerprint density at radius 1 is 1.48 bits per heavy atom. The first kappa shape index (κ1) is 15.6. The quantitative estimate of drug-likeness (QED) is 0.735. The number of aromatic amines is 1. The van der Waals surface area contributed by atoms with Gasteiger partial charge in [-0.2, -0.15) is 0 Å². The summed E-state index contributed by atoms with van der Waals surface area (Å²) in [6.07, 6.45) is 3.54. The molecule has 1 amide bonds. The van der Waals surface area contributed by atoms with E-state index in [0.29, 0.717) is 18.8 Å². The van der Waals surface area contributed by atoms with Crippen LogP contribution in [0.2, 0.25) is 0 Å². The molecule has 3 rings (SSSR count). The van der Waals surface area contributed by atoms with E-state index in [2.05, 4.69) is 29.5 Å². The van der Waals surface area contributed by atoms with Crippen LogP contribution in [0.25, 0.3) is 5.57 Å². The first-order chi connectivity index (χ1) is 11.1. The standard InChI is InChI=1S/C16H18N5OP/c1-9-18-8-14(20-9)11-5-13(19-7-11)16(22)21-12-4-10(6-17)2-3-15(12)23/h2-5,8H,6-7,17,23H2,1H3,(H,18,20)(H,21,22). The fraction of sp³-hybridized carbons (Fsp3) is 0.188. The summed E-state index contributed by atoms with van der Waals surface area (Å²) in [7, 11) is 2.60. The molecule has 0 aliphatic carbocycles. The Bertz CT molecular complexity index is 822. The van der Waals surface area contributed by atoms with Gasteiger partial charge in [0.1, 0.15) is 11.5 Å². The maximum atomic E-state index is 12.4. The highest BCUT2D eigenvalue weighted by Crippen LogP contribution is 2.18. The average Bonchev–Trinajstić information content (AvgIpc) is 3.18. The lowest BCUT2D eigenvalue weighted by molar-refractivity contribution is -0.110. The minimum Gasteiger partial charge on any atom is -0.342 e. The normalized spacial score (nSPS) is 13.7. The summed E-state index contributed by atoms with van der Waals surface area (Å²) in [6.45, 7) is 2.79. The number of hydrogen-bond donors (Lipinski definition) is 3. The van der Waals surface area contributed by atoms with Gasteiger partial charge < -0.3 is 16.0 Å². The van der Waals surface area contributed by atoms with E-state index in [1.165, 1.54) is 0 Å². The van der Waals surface area contributed by atoms with E-state index in [1.54, 1.807) is 12.3 Å². The summed E-state index contributed by atoms with van der Waals surface area (Å²) in [5, 5.41) is 3.79. The largest absolute Gasteiger partial charge is 0.342 e. The van der Waals surface area contributed by atoms with Gasteiger partial charge in [-0.15, -0.1) is 9.24 Å². The fourth-order valence-electron chi connectivity index (χ4n) is 2.34. The fourth-order valence-corrected chi connectivity index (χ4v) is 2.59. The molecule has 23 heavy (non-hydrogen) atoms. The van der Waals surface area contributed by atoms with Gasteiger partial charge in [-0.3, -0.25) is 9.79 Å². The number of hydrogen-bond acceptors (Lipinski definition) is 4. The zero-order valence-electron chi connectivity index (χ0n) is 12.8. The molecule has 0 saturated heterocycles. The minimum absolute atomic E-state index is 0.228. The number of imidazole rings is 1. The topological polar surface area (TPSA) is 96.2 Å². The van der Waals surface area contributed by atoms with Crippen molar-refractivity contribution < 1.29 is 4.79 Å². The molecule has 0 saturated carbocycles. The Morgan fingerprint density at radius 2 is 2.30 bits per heavy atom. The Kier molecular flexibility index (Phi) is 4.37. The second-order valence-corrected chi connectivity index (χ2v) is 5.96. The van der Waals surface area contributed by atoms with Crippen LogP contribution in [0.5, 0.6) is 0 Å². The number of nitrogens with one attached hydrogen (secondary N) is 2. The average molecular weight is 327 g/mol. The molecule has 0 fully saturated rings. The molecule has 4 N–H and O–H groups in total. The number of aryl methyl sites for hydroxylation is 1. The van der Waals surface area contributed by atoms with Gasteiger partial charge in [-0.1, -0.05) is 12.1 Å². The van der Waals surface area contributed by atoms with E-state index >= 15 is 0 Å². The molecule has 7 heteroatoms. The van der Waals surface area contributed by atoms with Crippen LogP contribution >= 0.6 is 9.24 Å². The number of nitrogens with two attached hydrogens (primary N) is 1. The second kappa shape index (κ2) is 6.44. The second-order valence-electron chi connectivity index (χ2n) is 5.33. The maximum Gasteiger partial charge on any atom is 0.273 e. The maximum absolute atomic E-state index is 12.4. The predicted molar refractivity (Wildman–Crippen MR) is 95.9 cm³/mol. The molecule has 2 heterocycles. The summed E-state index contributed by atoms with van der Waals surface area (Å²) >= 11 is 0. The molecule has 0 spiro atoms. The van der Waals surface area contributed by atoms with Gasteiger partial charge in [-0.25, -0.2) is 4.98 Å². The third-order valence-corrected chi connectivity index (χ3v) is 4.12. The lowest BCUT2D eigenvalue weighted by Gasteiger charge is -2.09. The van der Waals surface area contributed by atoms with Crippen molar-refractivity contribution in [3.8, 4) is 0 Å². The number of carbonyl (C=O) groups excluding carboxylic acids is 1. The summed E-state index contributed by atoms with van der Waals surface area (Å²) in [4.78, 5) is 24.0. The summed E-state index contributed by atoms with van der Waals surface area (Å²) < 4.78 is 0. The van der Waals surface area contributed by atoms with Crippen LogP contribution in [0.15, 0.2) is 35.5 Å². The third kappa shape index (κ3) is 3.38. The Labute approximate surface area is 136 Å². The smallest absolute Gasteiger partial charge is 0.273 e. The van der Waals surface area contributed by atoms with Gasteiger partial charge in [0.2, 0.25) is 0 Å². The molecule has 1 unspecified atom stereocenters. The molecular weight excluding hydrogens is 309 g/mol. The molecule has 1 aliphatic heterocycles. The number of aromatic nitrogens is 2. The van der Waals surface area contributed by atoms with Gasteiger partial charge in [-0.05, 0) is 29.9 Å². The lowest BCUT2D eigenvalue weighted by atomic mass is 10.1. The number of rotatable bonds is 4. The van der Waals surface area contributed by atoms with Gasteiger partial charge in [0.25, 0.3) is 5.91 Å². The highest BCUT2D eigenvalue weighted by Gasteiger charge is 2.18. The third-order valence-electron chi connectivity index (χ3n) is 3.61. The van der Waals surface area contributed by atoms with Gasteiger partial charge in [0, 0.05) is 17.8 Å². The monoisotopic (exact) mass is 327 g/mol. The van der Waals surface area contributed by atoms with E-state index in [4.69, 9.17) is 5.73 Å². The zero-order chi connectivity index (χ0) is 16.4. The first-order valence-corrected chi connectivity index (χ1v) is 7.81. The Morgan fingerprint density at radius 3 is 3.00 bits per heavy atom. The van der Waals surface area contributed by atoms with Gasteiger partial charge in [0.05, 0.1) is 18.4 Å². The first-order valence-electron chi connectivity index (χ1n) is 7.23. The van der Waals surface area contributed by atoms with Crippen LogP contribution in [0.1, 0.15) is 17.1 Å². The van der Waals surface area contributed by atoms with Crippen molar-refractivity contribution in [2.75, 3.05) is 11.9 Å². The Balaban J connectivity index is 1.76. The number of benzene rings is 1. The molecule has 2 aromatic rings. The lowest BCUT2D eigenvalue weighted by Crippen LogP contribution is -2.23. The van der Waals surface area contributed by atoms with E-state index in [1.807, 2.05) is 25.1 Å². The van der Waals surface area contributed by atoms with E-state index in [-0.39, 0.29) is 5.91 Å². The molecule has 1 aromatic carbocycles. The van der Waals surface area contributed by atoms with Crippen LogP contribution in [-0.2, 0) is 11.3 Å². The SMILES string of the molecule is Cc1ncc(C2=CC(C(=O)Nc3cc(CN)ccc3P)=NC2)[nH]1. The molecule has 1 atom stereocenters. The van der Waals surface area contributed by atoms with Crippen LogP contribution < -0.4 is 16.4 Å². The summed E-state index contributed by atoms with van der Waals surface area (Å²) in [5.74, 6) is 0.610. The highest BCUT2D eigenvalue weighted by molar-refractivity contribution is 7.28. The van der Waals surface area contributed by atoms with Crippen molar-refractivity contribution in [1.29, 1.82) is 0 Å². The number of carbonyl (C=O) groups is 1. The van der Waals surface area contributed by atoms with Crippen LogP contribution in [0.4, 0.5) is 5.69 Å². The summed E-state index contributed by atoms with van der Waals surface area (Å²) in [5.41, 5.74) is 9.60. The van der Waals surface area contributed by atoms with Crippen LogP contribution in [-0.4, -0.2) is 28.1 Å². The van der Waals surface area contributed by atoms with Crippen molar-refractivity contribution in [3.05, 3.63) is 47.6 Å². The van der Waals surface area contributed by atoms with Crippen LogP contribution in [0, 0.1) is 6.92 Å². The molecule has 1 aliphatic rings. The molecule has 0 bridgehead atoms. The number of anilines is 1. The molecule has 1 aromatic heterocycles.